The Morgan fingerprint density at radius 3 is 2.76 bits per heavy atom. The first-order valence-corrected chi connectivity index (χ1v) is 5.89. The molecule has 0 aliphatic carbocycles. The molecule has 0 fully saturated rings. The van der Waals surface area contributed by atoms with E-state index in [0.29, 0.717) is 12.0 Å². The number of carbonyl (C=O) groups excluding carboxylic acids is 1. The fourth-order valence-electron chi connectivity index (χ4n) is 1.74. The van der Waals surface area contributed by atoms with Crippen molar-refractivity contribution in [1.29, 1.82) is 0 Å². The van der Waals surface area contributed by atoms with Gasteiger partial charge in [-0.15, -0.1) is 0 Å². The molecule has 0 saturated heterocycles. The molecular weight excluding hydrogens is 212 g/mol. The summed E-state index contributed by atoms with van der Waals surface area (Å²) in [6.45, 7) is 2.95. The minimum atomic E-state index is 0.124. The Hall–Kier alpha value is -1.90. The van der Waals surface area contributed by atoms with Crippen LogP contribution in [0, 0.1) is 0 Å². The van der Waals surface area contributed by atoms with E-state index in [9.17, 15) is 4.79 Å². The topological polar surface area (TPSA) is 34.9 Å². The molecule has 0 N–H and O–H groups in total. The summed E-state index contributed by atoms with van der Waals surface area (Å²) in [5, 5.41) is 4.16. The lowest BCUT2D eigenvalue weighted by molar-refractivity contribution is 0.0993. The van der Waals surface area contributed by atoms with E-state index >= 15 is 0 Å². The number of nitrogens with zero attached hydrogens (tertiary/aromatic N) is 2. The number of hydrogen-bond acceptors (Lipinski definition) is 2. The van der Waals surface area contributed by atoms with Crippen LogP contribution in [-0.2, 0) is 13.0 Å². The summed E-state index contributed by atoms with van der Waals surface area (Å²) < 4.78 is 1.82. The zero-order valence-corrected chi connectivity index (χ0v) is 9.97. The average molecular weight is 228 g/mol. The number of hydrogen-bond donors (Lipinski definition) is 0. The van der Waals surface area contributed by atoms with Gasteiger partial charge in [-0.05, 0) is 12.0 Å². The molecule has 0 atom stereocenters. The van der Waals surface area contributed by atoms with Crippen molar-refractivity contribution in [2.45, 2.75) is 26.3 Å². The Bertz CT molecular complexity index is 488. The Morgan fingerprint density at radius 2 is 2.06 bits per heavy atom. The SMILES string of the molecule is CCCn1cc(C(=O)Cc2ccccc2)cn1. The molecule has 1 heterocycles. The maximum absolute atomic E-state index is 12.0. The second-order valence-corrected chi connectivity index (χ2v) is 4.08. The zero-order valence-electron chi connectivity index (χ0n) is 9.97. The third-order valence-electron chi connectivity index (χ3n) is 2.62. The normalized spacial score (nSPS) is 10.4. The molecule has 0 radical (unpaired) electrons. The van der Waals surface area contributed by atoms with Crippen LogP contribution in [0.25, 0.3) is 0 Å². The molecular formula is C14H16N2O. The maximum Gasteiger partial charge on any atom is 0.170 e. The summed E-state index contributed by atoms with van der Waals surface area (Å²) in [6, 6.07) is 9.78. The van der Waals surface area contributed by atoms with Crippen LogP contribution in [0.3, 0.4) is 0 Å². The second kappa shape index (κ2) is 5.43. The van der Waals surface area contributed by atoms with Gasteiger partial charge >= 0.3 is 0 Å². The van der Waals surface area contributed by atoms with Gasteiger partial charge in [0.1, 0.15) is 0 Å². The molecule has 1 aromatic carbocycles. The standard InChI is InChI=1S/C14H16N2O/c1-2-8-16-11-13(10-15-16)14(17)9-12-6-4-3-5-7-12/h3-7,10-11H,2,8-9H2,1H3. The van der Waals surface area contributed by atoms with Crippen LogP contribution in [0.2, 0.25) is 0 Å². The van der Waals surface area contributed by atoms with Crippen molar-refractivity contribution in [2.75, 3.05) is 0 Å². The van der Waals surface area contributed by atoms with E-state index in [-0.39, 0.29) is 5.78 Å². The van der Waals surface area contributed by atoms with Gasteiger partial charge in [0.2, 0.25) is 0 Å². The lowest BCUT2D eigenvalue weighted by Gasteiger charge is -1.98. The molecule has 0 bridgehead atoms. The number of aryl methyl sites for hydroxylation is 1. The molecule has 1 aromatic heterocycles. The fourth-order valence-corrected chi connectivity index (χ4v) is 1.74. The Labute approximate surface area is 101 Å². The van der Waals surface area contributed by atoms with Crippen molar-refractivity contribution in [2.24, 2.45) is 0 Å². The van der Waals surface area contributed by atoms with E-state index in [2.05, 4.69) is 12.0 Å². The van der Waals surface area contributed by atoms with Gasteiger partial charge in [0, 0.05) is 19.2 Å². The highest BCUT2D eigenvalue weighted by Gasteiger charge is 2.09. The van der Waals surface area contributed by atoms with Gasteiger partial charge in [0.25, 0.3) is 0 Å². The largest absolute Gasteiger partial charge is 0.294 e. The first-order valence-electron chi connectivity index (χ1n) is 5.89. The molecule has 0 saturated carbocycles. The van der Waals surface area contributed by atoms with Crippen molar-refractivity contribution in [1.82, 2.24) is 9.78 Å². The second-order valence-electron chi connectivity index (χ2n) is 4.08. The van der Waals surface area contributed by atoms with Gasteiger partial charge in [-0.1, -0.05) is 37.3 Å². The number of ketones is 1. The van der Waals surface area contributed by atoms with Gasteiger partial charge in [-0.25, -0.2) is 0 Å². The molecule has 3 heteroatoms. The highest BCUT2D eigenvalue weighted by molar-refractivity contribution is 5.97. The molecule has 17 heavy (non-hydrogen) atoms. The van der Waals surface area contributed by atoms with Crippen LogP contribution in [0.5, 0.6) is 0 Å². The van der Waals surface area contributed by atoms with Gasteiger partial charge in [-0.2, -0.15) is 5.10 Å². The van der Waals surface area contributed by atoms with Crippen molar-refractivity contribution < 1.29 is 4.79 Å². The number of carbonyl (C=O) groups is 1. The monoisotopic (exact) mass is 228 g/mol. The van der Waals surface area contributed by atoms with Crippen LogP contribution < -0.4 is 0 Å². The highest BCUT2D eigenvalue weighted by Crippen LogP contribution is 2.07. The first-order chi connectivity index (χ1) is 8.29. The lowest BCUT2D eigenvalue weighted by Crippen LogP contribution is -2.02. The smallest absolute Gasteiger partial charge is 0.170 e. The molecule has 3 nitrogen and oxygen atoms in total. The molecule has 0 aliphatic heterocycles. The number of rotatable bonds is 5. The number of benzene rings is 1. The van der Waals surface area contributed by atoms with E-state index in [1.54, 1.807) is 6.20 Å². The van der Waals surface area contributed by atoms with E-state index in [4.69, 9.17) is 0 Å². The third-order valence-corrected chi connectivity index (χ3v) is 2.62. The zero-order chi connectivity index (χ0) is 12.1. The minimum Gasteiger partial charge on any atom is -0.294 e. The van der Waals surface area contributed by atoms with Gasteiger partial charge in [0.05, 0.1) is 11.8 Å². The summed E-state index contributed by atoms with van der Waals surface area (Å²) >= 11 is 0. The predicted molar refractivity (Wildman–Crippen MR) is 67.0 cm³/mol. The first kappa shape index (κ1) is 11.6. The van der Waals surface area contributed by atoms with Crippen molar-refractivity contribution in [3.05, 3.63) is 53.9 Å². The lowest BCUT2D eigenvalue weighted by atomic mass is 10.1. The molecule has 0 aliphatic rings. The summed E-state index contributed by atoms with van der Waals surface area (Å²) in [5.41, 5.74) is 1.74. The molecule has 2 rings (SSSR count). The van der Waals surface area contributed by atoms with Crippen LogP contribution in [0.1, 0.15) is 29.3 Å². The number of Topliss-reactive ketones (excluding diaryl/α,β-unsaturated/α-hetero) is 1. The van der Waals surface area contributed by atoms with Crippen LogP contribution in [0.15, 0.2) is 42.7 Å². The fraction of sp³-hybridized carbons (Fsp3) is 0.286. The average Bonchev–Trinajstić information content (AvgIpc) is 2.79. The summed E-state index contributed by atoms with van der Waals surface area (Å²) in [7, 11) is 0. The van der Waals surface area contributed by atoms with Gasteiger partial charge < -0.3 is 0 Å². The molecule has 0 amide bonds. The molecule has 88 valence electrons. The van der Waals surface area contributed by atoms with Gasteiger partial charge in [0.15, 0.2) is 5.78 Å². The van der Waals surface area contributed by atoms with Crippen LogP contribution in [-0.4, -0.2) is 15.6 Å². The van der Waals surface area contributed by atoms with E-state index in [1.807, 2.05) is 41.2 Å². The molecule has 0 unspecified atom stereocenters. The van der Waals surface area contributed by atoms with Crippen molar-refractivity contribution in [3.8, 4) is 0 Å². The highest BCUT2D eigenvalue weighted by atomic mass is 16.1. The quantitative estimate of drug-likeness (QED) is 0.737. The third kappa shape index (κ3) is 3.03. The van der Waals surface area contributed by atoms with Crippen LogP contribution in [0.4, 0.5) is 0 Å². The van der Waals surface area contributed by atoms with Gasteiger partial charge in [-0.3, -0.25) is 9.48 Å². The summed E-state index contributed by atoms with van der Waals surface area (Å²) in [5.74, 6) is 0.124. The Morgan fingerprint density at radius 1 is 1.29 bits per heavy atom. The van der Waals surface area contributed by atoms with Crippen LogP contribution >= 0.6 is 0 Å². The molecule has 2 aromatic rings. The summed E-state index contributed by atoms with van der Waals surface area (Å²) in [6.07, 6.45) is 4.95. The predicted octanol–water partition coefficient (Wildman–Crippen LogP) is 2.72. The Kier molecular flexibility index (Phi) is 3.70. The van der Waals surface area contributed by atoms with E-state index < -0.39 is 0 Å². The van der Waals surface area contributed by atoms with E-state index in [0.717, 1.165) is 18.5 Å². The Balaban J connectivity index is 2.04. The van der Waals surface area contributed by atoms with Crippen molar-refractivity contribution in [3.63, 3.8) is 0 Å². The maximum atomic E-state index is 12.0. The van der Waals surface area contributed by atoms with Crippen molar-refractivity contribution >= 4 is 5.78 Å². The minimum absolute atomic E-state index is 0.124. The summed E-state index contributed by atoms with van der Waals surface area (Å²) in [4.78, 5) is 12.0. The molecule has 0 spiro atoms. The number of aromatic nitrogens is 2. The van der Waals surface area contributed by atoms with E-state index in [1.165, 1.54) is 0 Å².